The summed E-state index contributed by atoms with van der Waals surface area (Å²) in [5.41, 5.74) is 0.981. The van der Waals surface area contributed by atoms with E-state index in [9.17, 15) is 9.90 Å². The Kier molecular flexibility index (Phi) is 4.80. The third-order valence-corrected chi connectivity index (χ3v) is 2.79. The van der Waals surface area contributed by atoms with Crippen LogP contribution >= 0.6 is 0 Å². The molecule has 120 valence electrons. The molecule has 0 amide bonds. The molecule has 0 aliphatic rings. The zero-order valence-electron chi connectivity index (χ0n) is 11.6. The van der Waals surface area contributed by atoms with Crippen LogP contribution in [0.4, 0.5) is 0 Å². The molecule has 3 aromatic rings. The summed E-state index contributed by atoms with van der Waals surface area (Å²) in [6.07, 6.45) is 0. The summed E-state index contributed by atoms with van der Waals surface area (Å²) in [6.45, 7) is 0. The molecule has 0 bridgehead atoms. The lowest BCUT2D eigenvalue weighted by Crippen LogP contribution is -2.00. The minimum atomic E-state index is -4.67. The maximum Gasteiger partial charge on any atom is 0.394 e. The van der Waals surface area contributed by atoms with Gasteiger partial charge < -0.3 is 9.52 Å². The Bertz CT molecular complexity index is 968. The van der Waals surface area contributed by atoms with E-state index in [2.05, 4.69) is 0 Å². The van der Waals surface area contributed by atoms with Gasteiger partial charge in [0.2, 0.25) is 0 Å². The van der Waals surface area contributed by atoms with Gasteiger partial charge in [-0.3, -0.25) is 13.9 Å². The van der Waals surface area contributed by atoms with Crippen LogP contribution in [-0.2, 0) is 10.4 Å². The first-order chi connectivity index (χ1) is 10.8. The van der Waals surface area contributed by atoms with E-state index < -0.39 is 10.4 Å². The second kappa shape index (κ2) is 6.61. The Morgan fingerprint density at radius 1 is 0.913 bits per heavy atom. The molecule has 0 saturated heterocycles. The molecule has 8 heteroatoms. The van der Waals surface area contributed by atoms with Gasteiger partial charge in [-0.2, -0.15) is 8.42 Å². The summed E-state index contributed by atoms with van der Waals surface area (Å²) in [6, 6.07) is 15.6. The zero-order chi connectivity index (χ0) is 17.0. The van der Waals surface area contributed by atoms with Gasteiger partial charge in [0.05, 0.1) is 0 Å². The van der Waals surface area contributed by atoms with Crippen molar-refractivity contribution in [2.75, 3.05) is 0 Å². The highest BCUT2D eigenvalue weighted by atomic mass is 32.3. The molecule has 3 N–H and O–H groups in total. The fourth-order valence-electron chi connectivity index (χ4n) is 1.94. The average molecular weight is 336 g/mol. The quantitative estimate of drug-likeness (QED) is 0.583. The second-order valence-corrected chi connectivity index (χ2v) is 5.33. The Morgan fingerprint density at radius 2 is 1.52 bits per heavy atom. The van der Waals surface area contributed by atoms with Crippen molar-refractivity contribution in [2.45, 2.75) is 0 Å². The molecule has 0 atom stereocenters. The Balaban J connectivity index is 0.000000338. The molecule has 2 aromatic carbocycles. The number of hydrogen-bond acceptors (Lipinski definition) is 5. The summed E-state index contributed by atoms with van der Waals surface area (Å²) in [5, 5.41) is 9.87. The van der Waals surface area contributed by atoms with Crippen molar-refractivity contribution >= 4 is 21.4 Å². The van der Waals surface area contributed by atoms with Crippen molar-refractivity contribution in [3.05, 3.63) is 64.8 Å². The highest BCUT2D eigenvalue weighted by Gasteiger charge is 2.09. The number of rotatable bonds is 1. The predicted octanol–water partition coefficient (Wildman–Crippen LogP) is 2.51. The van der Waals surface area contributed by atoms with Gasteiger partial charge >= 0.3 is 10.4 Å². The first-order valence-corrected chi connectivity index (χ1v) is 7.66. The predicted molar refractivity (Wildman–Crippen MR) is 83.8 cm³/mol. The summed E-state index contributed by atoms with van der Waals surface area (Å²) in [5.74, 6) is 0.444. The molecular formula is C15H12O7S. The first kappa shape index (κ1) is 16.7. The van der Waals surface area contributed by atoms with Crippen LogP contribution in [0.1, 0.15) is 0 Å². The van der Waals surface area contributed by atoms with E-state index in [4.69, 9.17) is 21.9 Å². The van der Waals surface area contributed by atoms with E-state index >= 15 is 0 Å². The molecule has 0 radical (unpaired) electrons. The van der Waals surface area contributed by atoms with Crippen molar-refractivity contribution in [1.29, 1.82) is 0 Å². The van der Waals surface area contributed by atoms with E-state index in [1.54, 1.807) is 12.1 Å². The van der Waals surface area contributed by atoms with Crippen LogP contribution in [0.3, 0.4) is 0 Å². The second-order valence-electron chi connectivity index (χ2n) is 4.44. The Morgan fingerprint density at radius 3 is 2.13 bits per heavy atom. The molecule has 0 unspecified atom stereocenters. The van der Waals surface area contributed by atoms with Crippen molar-refractivity contribution in [3.8, 4) is 17.1 Å². The molecule has 0 saturated carbocycles. The van der Waals surface area contributed by atoms with Gasteiger partial charge in [0.25, 0.3) is 0 Å². The maximum absolute atomic E-state index is 12.0. The molecule has 3 rings (SSSR count). The molecule has 0 aliphatic heterocycles. The first-order valence-electron chi connectivity index (χ1n) is 6.27. The summed E-state index contributed by atoms with van der Waals surface area (Å²) in [4.78, 5) is 12.0. The van der Waals surface area contributed by atoms with Crippen LogP contribution in [0.25, 0.3) is 22.3 Å². The number of fused-ring (bicyclic) bond motifs is 1. The fraction of sp³-hybridized carbons (Fsp3) is 0. The van der Waals surface area contributed by atoms with Gasteiger partial charge in [0, 0.05) is 11.6 Å². The van der Waals surface area contributed by atoms with Crippen LogP contribution in [0.15, 0.2) is 63.8 Å². The number of hydrogen-bond donors (Lipinski definition) is 3. The van der Waals surface area contributed by atoms with Crippen LogP contribution in [0.5, 0.6) is 5.75 Å². The lowest BCUT2D eigenvalue weighted by molar-refractivity contribution is 0.381. The van der Waals surface area contributed by atoms with E-state index in [1.807, 2.05) is 30.3 Å². The van der Waals surface area contributed by atoms with E-state index in [0.29, 0.717) is 11.3 Å². The zero-order valence-corrected chi connectivity index (χ0v) is 12.4. The molecular weight excluding hydrogens is 324 g/mol. The van der Waals surface area contributed by atoms with Crippen molar-refractivity contribution < 1.29 is 27.0 Å². The molecule has 7 nitrogen and oxygen atoms in total. The highest BCUT2D eigenvalue weighted by Crippen LogP contribution is 2.25. The minimum absolute atomic E-state index is 0.0548. The summed E-state index contributed by atoms with van der Waals surface area (Å²) in [7, 11) is -4.67. The van der Waals surface area contributed by atoms with Gasteiger partial charge in [-0.05, 0) is 12.1 Å². The summed E-state index contributed by atoms with van der Waals surface area (Å²) < 4.78 is 37.2. The normalized spacial score (nSPS) is 10.9. The average Bonchev–Trinajstić information content (AvgIpc) is 2.46. The minimum Gasteiger partial charge on any atom is -0.507 e. The molecule has 1 aromatic heterocycles. The third kappa shape index (κ3) is 4.65. The van der Waals surface area contributed by atoms with E-state index in [-0.39, 0.29) is 16.6 Å². The smallest absolute Gasteiger partial charge is 0.394 e. The monoisotopic (exact) mass is 336 g/mol. The van der Waals surface area contributed by atoms with Crippen LogP contribution in [0, 0.1) is 0 Å². The number of phenols is 1. The van der Waals surface area contributed by atoms with Crippen molar-refractivity contribution in [1.82, 2.24) is 0 Å². The van der Waals surface area contributed by atoms with Gasteiger partial charge in [-0.25, -0.2) is 0 Å². The van der Waals surface area contributed by atoms with Crippen LogP contribution in [0.2, 0.25) is 0 Å². The molecule has 0 spiro atoms. The molecule has 0 fully saturated rings. The van der Waals surface area contributed by atoms with Gasteiger partial charge in [0.15, 0.2) is 5.43 Å². The topological polar surface area (TPSA) is 125 Å². The number of aromatic hydroxyl groups is 1. The van der Waals surface area contributed by atoms with Crippen LogP contribution < -0.4 is 5.43 Å². The summed E-state index contributed by atoms with van der Waals surface area (Å²) >= 11 is 0. The lowest BCUT2D eigenvalue weighted by atomic mass is 10.1. The largest absolute Gasteiger partial charge is 0.507 e. The standard InChI is InChI=1S/C15H10O3.H2O4S/c16-11-7-4-8-13-15(11)12(17)9-14(18-13)10-5-2-1-3-6-10;1-5(2,3)4/h1-9,16H;(H2,1,2,3,4). The molecule has 1 heterocycles. The van der Waals surface area contributed by atoms with Gasteiger partial charge in [-0.15, -0.1) is 0 Å². The SMILES string of the molecule is O=S(=O)(O)O.O=c1cc(-c2ccccc2)oc2cccc(O)c12. The lowest BCUT2D eigenvalue weighted by Gasteiger charge is -2.03. The third-order valence-electron chi connectivity index (χ3n) is 2.79. The Hall–Kier alpha value is -2.68. The van der Waals surface area contributed by atoms with Crippen molar-refractivity contribution in [2.24, 2.45) is 0 Å². The van der Waals surface area contributed by atoms with Crippen LogP contribution in [-0.4, -0.2) is 22.6 Å². The number of phenolic OH excluding ortho intramolecular Hbond substituents is 1. The van der Waals surface area contributed by atoms with Crippen molar-refractivity contribution in [3.63, 3.8) is 0 Å². The van der Waals surface area contributed by atoms with Gasteiger partial charge in [-0.1, -0.05) is 36.4 Å². The molecule has 0 aliphatic carbocycles. The maximum atomic E-state index is 12.0. The van der Waals surface area contributed by atoms with E-state index in [0.717, 1.165) is 5.56 Å². The molecule has 23 heavy (non-hydrogen) atoms. The number of benzene rings is 2. The van der Waals surface area contributed by atoms with Gasteiger partial charge in [0.1, 0.15) is 22.5 Å². The fourth-order valence-corrected chi connectivity index (χ4v) is 1.94. The van der Waals surface area contributed by atoms with E-state index in [1.165, 1.54) is 12.1 Å². The Labute approximate surface area is 131 Å². The highest BCUT2D eigenvalue weighted by molar-refractivity contribution is 7.79.